The molecule has 168 valence electrons. The fraction of sp³-hybridized carbons (Fsp3) is 0.500. The first-order valence-electron chi connectivity index (χ1n) is 11.2. The summed E-state index contributed by atoms with van der Waals surface area (Å²) in [5, 5.41) is 4.04. The number of carbonyl (C=O) groups is 1. The van der Waals surface area contributed by atoms with Gasteiger partial charge in [-0.05, 0) is 92.2 Å². The average Bonchev–Trinajstić information content (AvgIpc) is 2.73. The Morgan fingerprint density at radius 1 is 1.16 bits per heavy atom. The van der Waals surface area contributed by atoms with Gasteiger partial charge in [-0.1, -0.05) is 37.6 Å². The Bertz CT molecular complexity index is 904. The molecule has 4 nitrogen and oxygen atoms in total. The highest BCUT2D eigenvalue weighted by atomic mass is 35.5. The van der Waals surface area contributed by atoms with Gasteiger partial charge >= 0.3 is 0 Å². The number of benzene rings is 2. The first-order chi connectivity index (χ1) is 14.8. The second-order valence-corrected chi connectivity index (χ2v) is 9.45. The number of methoxy groups -OCH3 is 1. The molecule has 1 aliphatic rings. The molecule has 0 spiro atoms. The maximum Gasteiger partial charge on any atom is 0.223 e. The maximum absolute atomic E-state index is 13.0. The molecule has 5 heteroatoms. The second-order valence-electron chi connectivity index (χ2n) is 9.02. The lowest BCUT2D eigenvalue weighted by atomic mass is 9.92. The molecule has 1 saturated heterocycles. The number of amides is 1. The van der Waals surface area contributed by atoms with Crippen LogP contribution in [-0.4, -0.2) is 31.0 Å². The summed E-state index contributed by atoms with van der Waals surface area (Å²) in [7, 11) is 1.71. The Balaban J connectivity index is 1.58. The summed E-state index contributed by atoms with van der Waals surface area (Å²) in [6.45, 7) is 11.2. The zero-order valence-corrected chi connectivity index (χ0v) is 20.1. The number of carbonyl (C=O) groups excluding carboxylic acids is 1. The summed E-state index contributed by atoms with van der Waals surface area (Å²) in [5.74, 6) is 1.51. The summed E-state index contributed by atoms with van der Waals surface area (Å²) >= 11 is 6.10. The van der Waals surface area contributed by atoms with Crippen LogP contribution < -0.4 is 10.1 Å². The second kappa shape index (κ2) is 10.5. The summed E-state index contributed by atoms with van der Waals surface area (Å²) < 4.78 is 5.56. The van der Waals surface area contributed by atoms with Gasteiger partial charge in [0.05, 0.1) is 13.2 Å². The van der Waals surface area contributed by atoms with Crippen LogP contribution in [0, 0.1) is 12.8 Å². The van der Waals surface area contributed by atoms with Crippen molar-refractivity contribution in [2.24, 2.45) is 5.92 Å². The predicted octanol–water partition coefficient (Wildman–Crippen LogP) is 5.87. The number of rotatable bonds is 7. The monoisotopic (exact) mass is 442 g/mol. The summed E-state index contributed by atoms with van der Waals surface area (Å²) in [6.07, 6.45) is 1.77. The van der Waals surface area contributed by atoms with Crippen molar-refractivity contribution >= 4 is 17.5 Å². The van der Waals surface area contributed by atoms with Crippen molar-refractivity contribution in [1.29, 1.82) is 0 Å². The Morgan fingerprint density at radius 3 is 2.48 bits per heavy atom. The maximum atomic E-state index is 13.0. The third kappa shape index (κ3) is 6.02. The SMILES string of the molecule is COc1cc(C)c(C(C)NC(=O)C2CCN(Cc3cccc(Cl)c3)CC2)cc1C(C)C. The molecule has 1 fully saturated rings. The minimum absolute atomic E-state index is 0.0274. The number of nitrogens with zero attached hydrogens (tertiary/aromatic N) is 1. The first kappa shape index (κ1) is 23.6. The Hall–Kier alpha value is -2.04. The van der Waals surface area contributed by atoms with E-state index in [9.17, 15) is 4.79 Å². The van der Waals surface area contributed by atoms with Crippen LogP contribution in [0.2, 0.25) is 5.02 Å². The van der Waals surface area contributed by atoms with Crippen LogP contribution in [0.25, 0.3) is 0 Å². The minimum atomic E-state index is -0.0274. The van der Waals surface area contributed by atoms with E-state index in [-0.39, 0.29) is 17.9 Å². The number of likely N-dealkylation sites (tertiary alicyclic amines) is 1. The van der Waals surface area contributed by atoms with Gasteiger partial charge in [0.2, 0.25) is 5.91 Å². The predicted molar refractivity (Wildman–Crippen MR) is 128 cm³/mol. The van der Waals surface area contributed by atoms with E-state index in [1.54, 1.807) is 7.11 Å². The van der Waals surface area contributed by atoms with E-state index in [1.165, 1.54) is 11.1 Å². The molecular weight excluding hydrogens is 408 g/mol. The topological polar surface area (TPSA) is 41.6 Å². The van der Waals surface area contributed by atoms with E-state index >= 15 is 0 Å². The first-order valence-corrected chi connectivity index (χ1v) is 11.6. The van der Waals surface area contributed by atoms with Gasteiger partial charge < -0.3 is 10.1 Å². The molecule has 1 aliphatic heterocycles. The van der Waals surface area contributed by atoms with Gasteiger partial charge in [0.25, 0.3) is 0 Å². The van der Waals surface area contributed by atoms with E-state index in [1.807, 2.05) is 18.2 Å². The van der Waals surface area contributed by atoms with Gasteiger partial charge in [-0.3, -0.25) is 9.69 Å². The zero-order chi connectivity index (χ0) is 22.5. The number of piperidine rings is 1. The number of aryl methyl sites for hydroxylation is 1. The highest BCUT2D eigenvalue weighted by Crippen LogP contribution is 2.32. The quantitative estimate of drug-likeness (QED) is 0.583. The normalized spacial score (nSPS) is 16.4. The molecule has 0 bridgehead atoms. The Labute approximate surface area is 191 Å². The highest BCUT2D eigenvalue weighted by molar-refractivity contribution is 6.30. The van der Waals surface area contributed by atoms with Gasteiger partial charge in [0.15, 0.2) is 0 Å². The molecular formula is C26H35ClN2O2. The van der Waals surface area contributed by atoms with E-state index in [4.69, 9.17) is 16.3 Å². The molecule has 3 rings (SSSR count). The van der Waals surface area contributed by atoms with E-state index in [0.29, 0.717) is 5.92 Å². The third-order valence-corrected chi connectivity index (χ3v) is 6.55. The molecule has 31 heavy (non-hydrogen) atoms. The van der Waals surface area contributed by atoms with E-state index in [0.717, 1.165) is 54.4 Å². The number of ether oxygens (including phenoxy) is 1. The molecule has 1 N–H and O–H groups in total. The molecule has 0 aromatic heterocycles. The smallest absolute Gasteiger partial charge is 0.223 e. The molecule has 0 saturated carbocycles. The van der Waals surface area contributed by atoms with Crippen molar-refractivity contribution in [3.8, 4) is 5.75 Å². The van der Waals surface area contributed by atoms with Crippen LogP contribution in [0.4, 0.5) is 0 Å². The lowest BCUT2D eigenvalue weighted by Gasteiger charge is -2.32. The van der Waals surface area contributed by atoms with E-state index < -0.39 is 0 Å². The van der Waals surface area contributed by atoms with Crippen molar-refractivity contribution in [1.82, 2.24) is 10.2 Å². The molecule has 0 aliphatic carbocycles. The molecule has 1 atom stereocenters. The molecule has 1 amide bonds. The van der Waals surface area contributed by atoms with Crippen molar-refractivity contribution < 1.29 is 9.53 Å². The fourth-order valence-corrected chi connectivity index (χ4v) is 4.68. The number of hydrogen-bond donors (Lipinski definition) is 1. The minimum Gasteiger partial charge on any atom is -0.496 e. The van der Waals surface area contributed by atoms with Crippen LogP contribution in [0.15, 0.2) is 36.4 Å². The third-order valence-electron chi connectivity index (χ3n) is 6.32. The van der Waals surface area contributed by atoms with Gasteiger partial charge in [-0.15, -0.1) is 0 Å². The standard InChI is InChI=1S/C26H35ClN2O2/c1-17(2)23-15-24(18(3)13-25(23)31-5)19(4)28-26(30)21-9-11-29(12-10-21)16-20-7-6-8-22(27)14-20/h6-8,13-15,17,19,21H,9-12,16H2,1-5H3,(H,28,30). The molecule has 1 unspecified atom stereocenters. The highest BCUT2D eigenvalue weighted by Gasteiger charge is 2.26. The van der Waals surface area contributed by atoms with Crippen LogP contribution in [0.3, 0.4) is 0 Å². The lowest BCUT2D eigenvalue weighted by molar-refractivity contribution is -0.127. The van der Waals surface area contributed by atoms with Gasteiger partial charge in [-0.25, -0.2) is 0 Å². The van der Waals surface area contributed by atoms with Crippen LogP contribution in [0.5, 0.6) is 5.75 Å². The Morgan fingerprint density at radius 2 is 1.87 bits per heavy atom. The molecule has 1 heterocycles. The lowest BCUT2D eigenvalue weighted by Crippen LogP contribution is -2.41. The summed E-state index contributed by atoms with van der Waals surface area (Å²) in [5.41, 5.74) is 4.71. The number of hydrogen-bond acceptors (Lipinski definition) is 3. The van der Waals surface area contributed by atoms with Crippen molar-refractivity contribution in [2.75, 3.05) is 20.2 Å². The van der Waals surface area contributed by atoms with Crippen molar-refractivity contribution in [2.45, 2.75) is 59.0 Å². The van der Waals surface area contributed by atoms with Gasteiger partial charge in [0, 0.05) is 17.5 Å². The Kier molecular flexibility index (Phi) is 8.01. The number of nitrogens with one attached hydrogen (secondary N) is 1. The van der Waals surface area contributed by atoms with Crippen LogP contribution in [0.1, 0.15) is 67.8 Å². The molecule has 2 aromatic carbocycles. The van der Waals surface area contributed by atoms with Crippen LogP contribution in [-0.2, 0) is 11.3 Å². The van der Waals surface area contributed by atoms with E-state index in [2.05, 4.69) is 56.1 Å². The van der Waals surface area contributed by atoms with Crippen molar-refractivity contribution in [3.05, 3.63) is 63.7 Å². The summed E-state index contributed by atoms with van der Waals surface area (Å²) in [4.78, 5) is 15.4. The molecule has 0 radical (unpaired) electrons. The van der Waals surface area contributed by atoms with Crippen LogP contribution >= 0.6 is 11.6 Å². The number of halogens is 1. The van der Waals surface area contributed by atoms with Gasteiger partial charge in [-0.2, -0.15) is 0 Å². The summed E-state index contributed by atoms with van der Waals surface area (Å²) in [6, 6.07) is 12.3. The molecule has 2 aromatic rings. The fourth-order valence-electron chi connectivity index (χ4n) is 4.47. The van der Waals surface area contributed by atoms with Crippen molar-refractivity contribution in [3.63, 3.8) is 0 Å². The largest absolute Gasteiger partial charge is 0.496 e. The van der Waals surface area contributed by atoms with Gasteiger partial charge in [0.1, 0.15) is 5.75 Å². The zero-order valence-electron chi connectivity index (χ0n) is 19.4. The average molecular weight is 443 g/mol.